The van der Waals surface area contributed by atoms with Crippen LogP contribution in [0.25, 0.3) is 22.2 Å². The lowest BCUT2D eigenvalue weighted by atomic mass is 9.97. The predicted molar refractivity (Wildman–Crippen MR) is 120 cm³/mol. The third-order valence-electron chi connectivity index (χ3n) is 4.79. The van der Waals surface area contributed by atoms with E-state index in [-0.39, 0.29) is 35.7 Å². The number of aromatic nitrogens is 2. The first-order valence-corrected chi connectivity index (χ1v) is 12.8. The third kappa shape index (κ3) is 3.89. The van der Waals surface area contributed by atoms with Crippen molar-refractivity contribution in [3.05, 3.63) is 35.9 Å². The molecule has 0 unspecified atom stereocenters. The van der Waals surface area contributed by atoms with Crippen LogP contribution in [0.2, 0.25) is 0 Å². The molecule has 1 aliphatic heterocycles. The van der Waals surface area contributed by atoms with Gasteiger partial charge < -0.3 is 10.7 Å². The Kier molecular flexibility index (Phi) is 5.35. The van der Waals surface area contributed by atoms with Crippen LogP contribution >= 0.6 is 0 Å². The number of sulfone groups is 1. The maximum absolute atomic E-state index is 13.1. The van der Waals surface area contributed by atoms with Gasteiger partial charge in [-0.1, -0.05) is 32.0 Å². The average molecular weight is 476 g/mol. The fourth-order valence-electron chi connectivity index (χ4n) is 3.69. The number of aliphatic imine (C=N–C) groups is 1. The molecule has 0 atom stereocenters. The molecule has 5 N–H and O–H groups in total. The van der Waals surface area contributed by atoms with E-state index in [4.69, 9.17) is 10.9 Å². The van der Waals surface area contributed by atoms with Crippen molar-refractivity contribution in [3.63, 3.8) is 0 Å². The highest BCUT2D eigenvalue weighted by atomic mass is 32.2. The number of H-pyrrole nitrogens is 1. The fraction of sp³-hybridized carbons (Fsp3) is 0.263. The van der Waals surface area contributed by atoms with Gasteiger partial charge >= 0.3 is 0 Å². The molecule has 0 bridgehead atoms. The van der Waals surface area contributed by atoms with Crippen molar-refractivity contribution >= 4 is 42.7 Å². The van der Waals surface area contributed by atoms with Crippen molar-refractivity contribution < 1.29 is 16.8 Å². The summed E-state index contributed by atoms with van der Waals surface area (Å²) in [6.45, 7) is 3.43. The molecule has 0 amide bonds. The van der Waals surface area contributed by atoms with E-state index in [0.717, 1.165) is 0 Å². The lowest BCUT2D eigenvalue weighted by Crippen LogP contribution is -2.23. The van der Waals surface area contributed by atoms with Gasteiger partial charge in [0.15, 0.2) is 28.3 Å². The molecule has 3 aromatic rings. The number of hydrogen-bond acceptors (Lipinski definition) is 9. The van der Waals surface area contributed by atoms with Crippen molar-refractivity contribution in [1.29, 1.82) is 0 Å². The smallest absolute Gasteiger partial charge is 0.240 e. The van der Waals surface area contributed by atoms with E-state index < -0.39 is 29.7 Å². The second-order valence-corrected chi connectivity index (χ2v) is 11.2. The van der Waals surface area contributed by atoms with E-state index in [0.29, 0.717) is 22.2 Å². The van der Waals surface area contributed by atoms with Gasteiger partial charge in [-0.25, -0.2) is 32.0 Å². The Bertz CT molecular complexity index is 1500. The molecule has 1 aliphatic rings. The van der Waals surface area contributed by atoms with Gasteiger partial charge in [-0.3, -0.25) is 0 Å². The number of hydrogen-bond donors (Lipinski definition) is 3. The zero-order chi connectivity index (χ0) is 23.3. The molecule has 11 nitrogen and oxygen atoms in total. The van der Waals surface area contributed by atoms with Crippen molar-refractivity contribution in [1.82, 2.24) is 9.97 Å². The number of benzene rings is 2. The van der Waals surface area contributed by atoms with Crippen LogP contribution in [0.15, 0.2) is 55.3 Å². The number of fused-ring (bicyclic) bond motifs is 1. The number of nitrogens with two attached hydrogens (primary N) is 2. The number of aromatic amines is 1. The maximum Gasteiger partial charge on any atom is 0.240 e. The average Bonchev–Trinajstić information content (AvgIpc) is 3.33. The Morgan fingerprint density at radius 2 is 1.84 bits per heavy atom. The first-order valence-electron chi connectivity index (χ1n) is 9.58. The van der Waals surface area contributed by atoms with Crippen LogP contribution in [0.1, 0.15) is 19.4 Å². The van der Waals surface area contributed by atoms with Gasteiger partial charge in [-0.2, -0.15) is 5.11 Å². The molecule has 168 valence electrons. The molecule has 2 heterocycles. The van der Waals surface area contributed by atoms with Crippen LogP contribution < -0.4 is 10.9 Å². The number of azo groups is 1. The molecule has 32 heavy (non-hydrogen) atoms. The van der Waals surface area contributed by atoms with Crippen molar-refractivity contribution in [2.24, 2.45) is 26.3 Å². The summed E-state index contributed by atoms with van der Waals surface area (Å²) in [5.41, 5.74) is 7.71. The lowest BCUT2D eigenvalue weighted by Gasteiger charge is -2.17. The zero-order valence-corrected chi connectivity index (χ0v) is 18.9. The first kappa shape index (κ1) is 22.0. The normalized spacial score (nSPS) is 14.4. The maximum atomic E-state index is 13.1. The predicted octanol–water partition coefficient (Wildman–Crippen LogP) is 2.06. The summed E-state index contributed by atoms with van der Waals surface area (Å²) in [5, 5.41) is 13.3. The number of imidazole rings is 1. The van der Waals surface area contributed by atoms with Crippen molar-refractivity contribution in [2.45, 2.75) is 23.6 Å². The van der Waals surface area contributed by atoms with E-state index in [1.54, 1.807) is 32.0 Å². The fourth-order valence-corrected chi connectivity index (χ4v) is 6.97. The molecule has 0 aliphatic carbocycles. The molecule has 0 fully saturated rings. The number of nitrogens with one attached hydrogen (secondary N) is 1. The minimum atomic E-state index is -4.51. The molecule has 0 saturated carbocycles. The summed E-state index contributed by atoms with van der Waals surface area (Å²) in [4.78, 5) is 10.4. The Balaban J connectivity index is 2.15. The third-order valence-corrected chi connectivity index (χ3v) is 8.03. The number of nitrogen functional groups attached to an aromatic ring is 1. The van der Waals surface area contributed by atoms with E-state index in [1.165, 1.54) is 12.1 Å². The monoisotopic (exact) mass is 475 g/mol. The molecule has 4 rings (SSSR count). The number of nitrogens with zero attached hydrogens (tertiary/aromatic N) is 4. The van der Waals surface area contributed by atoms with Crippen LogP contribution in [-0.2, 0) is 19.9 Å². The zero-order valence-electron chi connectivity index (χ0n) is 17.3. The summed E-state index contributed by atoms with van der Waals surface area (Å²) < 4.78 is 51.7. The standard InChI is InChI=1S/C19H21N7O4S2/c1-10(2)8-31(27,28)14-7-6-11(12-4-3-5-13-16(12)25-19(20)24-13)15(17(14)32(21,29)30)18-22-9-23-26-18/h3-7,10H,8-9H2,1-2H3,(H3,20,24,25)(H2,21,29,30). The van der Waals surface area contributed by atoms with Gasteiger partial charge in [0.1, 0.15) is 4.90 Å². The van der Waals surface area contributed by atoms with Gasteiger partial charge in [-0.15, -0.1) is 5.11 Å². The van der Waals surface area contributed by atoms with E-state index in [9.17, 15) is 16.8 Å². The Labute approximate surface area is 184 Å². The van der Waals surface area contributed by atoms with Gasteiger partial charge in [0.25, 0.3) is 0 Å². The van der Waals surface area contributed by atoms with Crippen molar-refractivity contribution in [2.75, 3.05) is 18.2 Å². The summed E-state index contributed by atoms with van der Waals surface area (Å²) in [5.74, 6) is -0.338. The first-order chi connectivity index (χ1) is 15.0. The number of sulfonamides is 1. The molecule has 0 radical (unpaired) electrons. The van der Waals surface area contributed by atoms with Crippen LogP contribution in [0, 0.1) is 5.92 Å². The van der Waals surface area contributed by atoms with Gasteiger partial charge in [0.05, 0.1) is 27.2 Å². The molecule has 1 aromatic heterocycles. The summed E-state index contributed by atoms with van der Waals surface area (Å²) in [6, 6.07) is 7.96. The van der Waals surface area contributed by atoms with Gasteiger partial charge in [0.2, 0.25) is 10.0 Å². The number of amidine groups is 1. The van der Waals surface area contributed by atoms with Crippen LogP contribution in [0.4, 0.5) is 5.95 Å². The molecule has 0 spiro atoms. The molecular formula is C19H21N7O4S2. The summed E-state index contributed by atoms with van der Waals surface area (Å²) in [6.07, 6.45) is 0. The Morgan fingerprint density at radius 3 is 2.47 bits per heavy atom. The van der Waals surface area contributed by atoms with E-state index >= 15 is 0 Å². The molecular weight excluding hydrogens is 454 g/mol. The highest BCUT2D eigenvalue weighted by molar-refractivity contribution is 7.93. The minimum Gasteiger partial charge on any atom is -0.369 e. The highest BCUT2D eigenvalue weighted by Gasteiger charge is 2.33. The van der Waals surface area contributed by atoms with Gasteiger partial charge in [-0.05, 0) is 23.6 Å². The molecule has 2 aromatic carbocycles. The highest BCUT2D eigenvalue weighted by Crippen LogP contribution is 2.38. The van der Waals surface area contributed by atoms with E-state index in [1.807, 2.05) is 0 Å². The molecule has 0 saturated heterocycles. The Hall–Kier alpha value is -3.16. The number of para-hydroxylation sites is 1. The number of rotatable bonds is 6. The minimum absolute atomic E-state index is 0.0125. The van der Waals surface area contributed by atoms with Crippen LogP contribution in [0.5, 0.6) is 0 Å². The largest absolute Gasteiger partial charge is 0.369 e. The topological polar surface area (TPSA) is 186 Å². The Morgan fingerprint density at radius 1 is 1.09 bits per heavy atom. The quantitative estimate of drug-likeness (QED) is 0.489. The number of primary sulfonamides is 1. The second kappa shape index (κ2) is 7.76. The number of anilines is 1. The molecule has 13 heteroatoms. The van der Waals surface area contributed by atoms with E-state index in [2.05, 4.69) is 25.2 Å². The van der Waals surface area contributed by atoms with Gasteiger partial charge in [0, 0.05) is 5.56 Å². The summed E-state index contributed by atoms with van der Waals surface area (Å²) >= 11 is 0. The van der Waals surface area contributed by atoms with Crippen LogP contribution in [-0.4, -0.2) is 45.1 Å². The summed E-state index contributed by atoms with van der Waals surface area (Å²) in [7, 11) is -8.50. The van der Waals surface area contributed by atoms with Crippen LogP contribution in [0.3, 0.4) is 0 Å². The SMILES string of the molecule is CC(C)CS(=O)(=O)c1ccc(-c2cccc3[nH]c(N)nc23)c(C2=NCN=N2)c1S(N)(=O)=O. The second-order valence-electron chi connectivity index (χ2n) is 7.72. The lowest BCUT2D eigenvalue weighted by molar-refractivity contribution is 0.574. The van der Waals surface area contributed by atoms with Crippen molar-refractivity contribution in [3.8, 4) is 11.1 Å².